The molecule has 1 amide bonds. The van der Waals surface area contributed by atoms with Gasteiger partial charge in [0.2, 0.25) is 5.91 Å². The Balaban J connectivity index is 2.60. The fourth-order valence-corrected chi connectivity index (χ4v) is 3.47. The molecule has 1 aliphatic carbocycles. The van der Waals surface area contributed by atoms with Gasteiger partial charge in [0.25, 0.3) is 0 Å². The molecule has 1 aromatic heterocycles. The summed E-state index contributed by atoms with van der Waals surface area (Å²) in [6.45, 7) is 11.7. The van der Waals surface area contributed by atoms with Crippen molar-refractivity contribution in [3.63, 3.8) is 0 Å². The second kappa shape index (κ2) is 12.5. The summed E-state index contributed by atoms with van der Waals surface area (Å²) in [7, 11) is 0. The lowest BCUT2D eigenvalue weighted by molar-refractivity contribution is -0.124. The molecule has 1 aliphatic rings. The molecule has 0 radical (unpaired) electrons. The van der Waals surface area contributed by atoms with Crippen LogP contribution in [0.4, 0.5) is 13.2 Å². The van der Waals surface area contributed by atoms with Gasteiger partial charge < -0.3 is 10.6 Å². The summed E-state index contributed by atoms with van der Waals surface area (Å²) in [5.74, 6) is -0.173. The van der Waals surface area contributed by atoms with Gasteiger partial charge in [-0.25, -0.2) is 14.0 Å². The number of amides is 1. The molecule has 1 atom stereocenters. The quantitative estimate of drug-likeness (QED) is 0.423. The predicted molar refractivity (Wildman–Crippen MR) is 142 cm³/mol. The highest BCUT2D eigenvalue weighted by Crippen LogP contribution is 2.31. The van der Waals surface area contributed by atoms with Crippen LogP contribution in [0.5, 0.6) is 0 Å². The van der Waals surface area contributed by atoms with Crippen molar-refractivity contribution in [2.45, 2.75) is 66.6 Å². The van der Waals surface area contributed by atoms with Crippen LogP contribution < -0.4 is 16.3 Å². The minimum atomic E-state index is -4.47. The maximum absolute atomic E-state index is 13.5. The summed E-state index contributed by atoms with van der Waals surface area (Å²) in [6.07, 6.45) is 4.34. The largest absolute Gasteiger partial charge is 0.412 e. The van der Waals surface area contributed by atoms with Crippen LogP contribution >= 0.6 is 11.6 Å². The summed E-state index contributed by atoms with van der Waals surface area (Å²) >= 11 is 5.83. The van der Waals surface area contributed by atoms with E-state index in [0.29, 0.717) is 23.7 Å². The molecule has 2 N–H and O–H groups in total. The number of carbonyl (C=O) groups excluding carboxylic acids is 1. The van der Waals surface area contributed by atoms with Crippen molar-refractivity contribution in [3.05, 3.63) is 63.5 Å². The molecule has 7 nitrogen and oxygen atoms in total. The fourth-order valence-electron chi connectivity index (χ4n) is 3.39. The average molecular weight is 542 g/mol. The number of aromatic nitrogens is 3. The summed E-state index contributed by atoms with van der Waals surface area (Å²) in [6, 6.07) is -0.943. The maximum atomic E-state index is 13.5. The Morgan fingerprint density at radius 2 is 1.92 bits per heavy atom. The van der Waals surface area contributed by atoms with Crippen molar-refractivity contribution in [2.24, 2.45) is 5.41 Å². The Bertz CT molecular complexity index is 1190. The van der Waals surface area contributed by atoms with E-state index in [1.807, 2.05) is 20.8 Å². The molecule has 0 aromatic carbocycles. The molecule has 0 spiro atoms. The number of nitrogens with one attached hydrogen (secondary N) is 2. The Labute approximate surface area is 220 Å². The van der Waals surface area contributed by atoms with Crippen LogP contribution in [-0.4, -0.2) is 39.5 Å². The van der Waals surface area contributed by atoms with Gasteiger partial charge in [-0.3, -0.25) is 4.79 Å². The van der Waals surface area contributed by atoms with E-state index in [1.165, 1.54) is 10.6 Å². The Hall–Kier alpha value is -3.01. The van der Waals surface area contributed by atoms with Gasteiger partial charge in [-0.15, -0.1) is 5.10 Å². The van der Waals surface area contributed by atoms with Crippen LogP contribution in [0, 0.1) is 5.41 Å². The third kappa shape index (κ3) is 8.80. The first kappa shape index (κ1) is 30.2. The molecule has 1 unspecified atom stereocenters. The van der Waals surface area contributed by atoms with Gasteiger partial charge in [0.05, 0.1) is 5.70 Å². The van der Waals surface area contributed by atoms with Crippen molar-refractivity contribution in [1.29, 1.82) is 0 Å². The molecule has 1 aromatic rings. The van der Waals surface area contributed by atoms with Gasteiger partial charge in [0, 0.05) is 29.9 Å². The topological polar surface area (TPSA) is 81.0 Å². The lowest BCUT2D eigenvalue weighted by Gasteiger charge is -2.20. The normalized spacial score (nSPS) is 20.2. The number of nitrogens with zero attached hydrogens (tertiary/aromatic N) is 3. The van der Waals surface area contributed by atoms with Gasteiger partial charge in [-0.05, 0) is 56.8 Å². The van der Waals surface area contributed by atoms with E-state index in [2.05, 4.69) is 15.7 Å². The molecule has 37 heavy (non-hydrogen) atoms. The van der Waals surface area contributed by atoms with Crippen LogP contribution in [-0.2, 0) is 4.79 Å². The first-order valence-corrected chi connectivity index (χ1v) is 12.4. The second-order valence-corrected chi connectivity index (χ2v) is 10.7. The Morgan fingerprint density at radius 3 is 2.51 bits per heavy atom. The fraction of sp³-hybridized carbons (Fsp3) is 0.500. The zero-order valence-corrected chi connectivity index (χ0v) is 22.8. The summed E-state index contributed by atoms with van der Waals surface area (Å²) < 4.78 is 42.4. The van der Waals surface area contributed by atoms with E-state index in [0.717, 1.165) is 10.8 Å². The minimum Gasteiger partial charge on any atom is -0.386 e. The van der Waals surface area contributed by atoms with Crippen LogP contribution in [0.25, 0.3) is 11.3 Å². The van der Waals surface area contributed by atoms with Gasteiger partial charge in [-0.2, -0.15) is 13.2 Å². The van der Waals surface area contributed by atoms with E-state index in [9.17, 15) is 22.8 Å². The highest BCUT2D eigenvalue weighted by Gasteiger charge is 2.33. The van der Waals surface area contributed by atoms with Crippen molar-refractivity contribution < 1.29 is 18.0 Å². The number of halogens is 4. The van der Waals surface area contributed by atoms with Gasteiger partial charge in [-0.1, -0.05) is 50.6 Å². The smallest absolute Gasteiger partial charge is 0.386 e. The summed E-state index contributed by atoms with van der Waals surface area (Å²) in [4.78, 5) is 26.3. The third-order valence-corrected chi connectivity index (χ3v) is 5.58. The van der Waals surface area contributed by atoms with Gasteiger partial charge in [0.1, 0.15) is 6.04 Å². The number of rotatable bonds is 8. The number of allylic oxidation sites excluding steroid dienone is 8. The molecule has 204 valence electrons. The van der Waals surface area contributed by atoms with Crippen LogP contribution in [0.2, 0.25) is 0 Å². The predicted octanol–water partition coefficient (Wildman–Crippen LogP) is 5.54. The van der Waals surface area contributed by atoms with E-state index in [-0.39, 0.29) is 35.7 Å². The standard InChI is InChI=1S/C26H35ClF3N5O2/c1-17(13-14-31-15-18(2)27)22-33-35(19(3)23(36)32-16-25(4,5)6)24(37)34(22)21-10-8-7-9-20(11-12-21)26(28,29)30/h8,10-13,15,19,31H,7,9,14,16H2,1-6H3,(H,32,36)/b10-8-,17-13+,18-15+,20-11+,21-12+. The third-order valence-electron chi connectivity index (χ3n) is 5.47. The molecule has 0 saturated carbocycles. The molecular weight excluding hydrogens is 507 g/mol. The second-order valence-electron chi connectivity index (χ2n) is 10.1. The monoisotopic (exact) mass is 541 g/mol. The molecule has 0 fully saturated rings. The van der Waals surface area contributed by atoms with Crippen LogP contribution in [0.1, 0.15) is 66.3 Å². The van der Waals surface area contributed by atoms with Gasteiger partial charge >= 0.3 is 11.9 Å². The van der Waals surface area contributed by atoms with Gasteiger partial charge in [0.15, 0.2) is 5.82 Å². The molecule has 0 bridgehead atoms. The molecule has 11 heteroatoms. The minimum absolute atomic E-state index is 0.159. The summed E-state index contributed by atoms with van der Waals surface area (Å²) in [5.41, 5.74) is -0.686. The lowest BCUT2D eigenvalue weighted by Crippen LogP contribution is -2.40. The number of hydrogen-bond donors (Lipinski definition) is 2. The first-order valence-electron chi connectivity index (χ1n) is 12.0. The SMILES string of the molecule is C/C(Cl)=C\NC/C=C(\C)c1nn(C(C)C(=O)NCC(C)(C)C)c(=O)n1C1=C/C=C(/C(F)(F)F)CC/C=C\1. The molecule has 1 heterocycles. The van der Waals surface area contributed by atoms with E-state index >= 15 is 0 Å². The highest BCUT2D eigenvalue weighted by molar-refractivity contribution is 6.29. The van der Waals surface area contributed by atoms with E-state index in [4.69, 9.17) is 11.6 Å². The number of hydrogen-bond acceptors (Lipinski definition) is 4. The Morgan fingerprint density at radius 1 is 1.24 bits per heavy atom. The van der Waals surface area contributed by atoms with Crippen molar-refractivity contribution >= 4 is 28.8 Å². The lowest BCUT2D eigenvalue weighted by atomic mass is 9.97. The first-order chi connectivity index (χ1) is 17.1. The molecule has 0 aliphatic heterocycles. The summed E-state index contributed by atoms with van der Waals surface area (Å²) in [5, 5.41) is 10.8. The Kier molecular flexibility index (Phi) is 10.2. The van der Waals surface area contributed by atoms with Crippen molar-refractivity contribution in [3.8, 4) is 0 Å². The molecule has 2 rings (SSSR count). The van der Waals surface area contributed by atoms with Crippen molar-refractivity contribution in [2.75, 3.05) is 13.1 Å². The zero-order valence-electron chi connectivity index (χ0n) is 22.0. The average Bonchev–Trinajstić information content (AvgIpc) is 3.10. The van der Waals surface area contributed by atoms with Crippen LogP contribution in [0.3, 0.4) is 0 Å². The van der Waals surface area contributed by atoms with E-state index in [1.54, 1.807) is 45.2 Å². The van der Waals surface area contributed by atoms with Crippen LogP contribution in [0.15, 0.2) is 52.0 Å². The molecular formula is C26H35ClF3N5O2. The number of carbonyl (C=O) groups is 1. The zero-order chi connectivity index (χ0) is 28.0. The van der Waals surface area contributed by atoms with E-state index < -0.39 is 23.5 Å². The van der Waals surface area contributed by atoms with Crippen molar-refractivity contribution in [1.82, 2.24) is 25.0 Å². The number of alkyl halides is 3. The highest BCUT2D eigenvalue weighted by atomic mass is 35.5. The molecule has 0 saturated heterocycles. The maximum Gasteiger partial charge on any atom is 0.412 e.